The molecule has 0 saturated heterocycles. The Balaban J connectivity index is 4.33. The smallest absolute Gasteiger partial charge is 0.353 e. The first-order chi connectivity index (χ1) is 6.14. The van der Waals surface area contributed by atoms with Crippen molar-refractivity contribution in [2.45, 2.75) is 39.4 Å². The van der Waals surface area contributed by atoms with Crippen molar-refractivity contribution in [3.8, 4) is 0 Å². The predicted octanol–water partition coefficient (Wildman–Crippen LogP) is 0.913. The fourth-order valence-electron chi connectivity index (χ4n) is 1.46. The summed E-state index contributed by atoms with van der Waals surface area (Å²) in [7, 11) is -2.11. The number of hydrogen-bond donors (Lipinski definition) is 2. The number of rotatable bonds is 7. The van der Waals surface area contributed by atoms with Crippen molar-refractivity contribution in [2.24, 2.45) is 5.84 Å². The van der Waals surface area contributed by atoms with E-state index in [-0.39, 0.29) is 5.67 Å². The van der Waals surface area contributed by atoms with Gasteiger partial charge in [0.25, 0.3) is 0 Å². The molecular formula is C8H22N2O2Si. The van der Waals surface area contributed by atoms with Crippen molar-refractivity contribution >= 4 is 8.56 Å². The van der Waals surface area contributed by atoms with Crippen LogP contribution in [-0.2, 0) is 8.85 Å². The van der Waals surface area contributed by atoms with Crippen LogP contribution in [0.5, 0.6) is 0 Å². The van der Waals surface area contributed by atoms with Crippen LogP contribution in [0.4, 0.5) is 0 Å². The van der Waals surface area contributed by atoms with Gasteiger partial charge in [-0.3, -0.25) is 11.3 Å². The molecule has 0 fully saturated rings. The van der Waals surface area contributed by atoms with E-state index in [0.717, 1.165) is 6.42 Å². The van der Waals surface area contributed by atoms with Crippen molar-refractivity contribution in [3.05, 3.63) is 0 Å². The summed E-state index contributed by atoms with van der Waals surface area (Å²) in [6, 6.07) is 0. The highest BCUT2D eigenvalue weighted by Gasteiger charge is 2.39. The molecule has 0 heterocycles. The lowest BCUT2D eigenvalue weighted by atomic mass is 10.5. The number of hydrazine groups is 1. The van der Waals surface area contributed by atoms with Gasteiger partial charge in [0.2, 0.25) is 0 Å². The largest absolute Gasteiger partial charge is 0.394 e. The monoisotopic (exact) mass is 206 g/mol. The minimum atomic E-state index is -2.11. The summed E-state index contributed by atoms with van der Waals surface area (Å²) >= 11 is 0. The second-order valence-corrected chi connectivity index (χ2v) is 6.32. The minimum absolute atomic E-state index is 0.160. The van der Waals surface area contributed by atoms with Crippen LogP contribution in [-0.4, -0.2) is 27.4 Å². The van der Waals surface area contributed by atoms with E-state index in [1.807, 2.05) is 20.4 Å². The standard InChI is InChI=1S/C8H22N2O2Si/c1-5-8(10-9)13(4,11-6-2)12-7-3/h8,10H,5-7,9H2,1-4H3. The van der Waals surface area contributed by atoms with E-state index in [1.165, 1.54) is 0 Å². The van der Waals surface area contributed by atoms with Gasteiger partial charge in [-0.05, 0) is 26.8 Å². The topological polar surface area (TPSA) is 56.5 Å². The molecule has 0 aliphatic carbocycles. The molecule has 13 heavy (non-hydrogen) atoms. The molecule has 0 bridgehead atoms. The van der Waals surface area contributed by atoms with Gasteiger partial charge in [0, 0.05) is 13.2 Å². The van der Waals surface area contributed by atoms with Crippen LogP contribution in [0.2, 0.25) is 6.55 Å². The van der Waals surface area contributed by atoms with E-state index in [4.69, 9.17) is 14.7 Å². The highest BCUT2D eigenvalue weighted by molar-refractivity contribution is 6.67. The molecule has 5 heteroatoms. The first-order valence-electron chi connectivity index (χ1n) is 4.88. The van der Waals surface area contributed by atoms with Crippen LogP contribution in [0.25, 0.3) is 0 Å². The summed E-state index contributed by atoms with van der Waals surface area (Å²) in [5.74, 6) is 5.45. The Morgan fingerprint density at radius 2 is 1.69 bits per heavy atom. The normalized spacial score (nSPS) is 14.5. The molecule has 0 aromatic carbocycles. The fourth-order valence-corrected chi connectivity index (χ4v) is 4.13. The van der Waals surface area contributed by atoms with E-state index < -0.39 is 8.56 Å². The van der Waals surface area contributed by atoms with Gasteiger partial charge >= 0.3 is 8.56 Å². The van der Waals surface area contributed by atoms with Crippen LogP contribution in [0.15, 0.2) is 0 Å². The Labute approximate surface area is 82.0 Å². The molecule has 0 spiro atoms. The lowest BCUT2D eigenvalue weighted by Gasteiger charge is -2.32. The van der Waals surface area contributed by atoms with Crippen molar-refractivity contribution in [1.82, 2.24) is 5.43 Å². The molecule has 0 aromatic heterocycles. The molecule has 0 amide bonds. The van der Waals surface area contributed by atoms with Crippen molar-refractivity contribution < 1.29 is 8.85 Å². The van der Waals surface area contributed by atoms with Crippen LogP contribution in [0, 0.1) is 0 Å². The maximum atomic E-state index is 5.69. The maximum absolute atomic E-state index is 5.69. The molecule has 0 aromatic rings. The average molecular weight is 206 g/mol. The zero-order valence-corrected chi connectivity index (χ0v) is 10.1. The lowest BCUT2D eigenvalue weighted by Crippen LogP contribution is -2.59. The van der Waals surface area contributed by atoms with Gasteiger partial charge in [0.1, 0.15) is 0 Å². The van der Waals surface area contributed by atoms with E-state index in [0.29, 0.717) is 13.2 Å². The van der Waals surface area contributed by atoms with Gasteiger partial charge < -0.3 is 8.85 Å². The Morgan fingerprint density at radius 1 is 1.23 bits per heavy atom. The number of nitrogens with two attached hydrogens (primary N) is 1. The van der Waals surface area contributed by atoms with Crippen LogP contribution < -0.4 is 11.3 Å². The van der Waals surface area contributed by atoms with Crippen LogP contribution >= 0.6 is 0 Å². The average Bonchev–Trinajstić information content (AvgIpc) is 2.07. The third kappa shape index (κ3) is 3.74. The molecule has 0 saturated carbocycles. The zero-order valence-electron chi connectivity index (χ0n) is 9.09. The summed E-state index contributed by atoms with van der Waals surface area (Å²) < 4.78 is 11.4. The fraction of sp³-hybridized carbons (Fsp3) is 1.00. The first-order valence-corrected chi connectivity index (χ1v) is 7.28. The lowest BCUT2D eigenvalue weighted by molar-refractivity contribution is 0.173. The summed E-state index contributed by atoms with van der Waals surface area (Å²) in [5, 5.41) is 0. The highest BCUT2D eigenvalue weighted by atomic mass is 28.4. The zero-order chi connectivity index (χ0) is 10.3. The minimum Gasteiger partial charge on any atom is -0.394 e. The summed E-state index contributed by atoms with van der Waals surface area (Å²) in [5.41, 5.74) is 2.93. The Hall–Kier alpha value is 0.0569. The summed E-state index contributed by atoms with van der Waals surface area (Å²) in [6.07, 6.45) is 0.930. The maximum Gasteiger partial charge on any atom is 0.353 e. The first kappa shape index (κ1) is 13.1. The molecule has 0 rings (SSSR count). The highest BCUT2D eigenvalue weighted by Crippen LogP contribution is 2.14. The van der Waals surface area contributed by atoms with Crippen molar-refractivity contribution in [2.75, 3.05) is 13.2 Å². The van der Waals surface area contributed by atoms with E-state index >= 15 is 0 Å². The number of hydrogen-bond acceptors (Lipinski definition) is 4. The van der Waals surface area contributed by atoms with E-state index in [9.17, 15) is 0 Å². The van der Waals surface area contributed by atoms with Crippen LogP contribution in [0.1, 0.15) is 27.2 Å². The molecule has 4 nitrogen and oxygen atoms in total. The molecule has 0 radical (unpaired) electrons. The summed E-state index contributed by atoms with van der Waals surface area (Å²) in [4.78, 5) is 0. The second-order valence-electron chi connectivity index (χ2n) is 3.01. The molecule has 1 atom stereocenters. The molecule has 3 N–H and O–H groups in total. The van der Waals surface area contributed by atoms with Gasteiger partial charge in [0.05, 0.1) is 5.67 Å². The predicted molar refractivity (Wildman–Crippen MR) is 56.3 cm³/mol. The molecule has 0 aliphatic heterocycles. The van der Waals surface area contributed by atoms with Gasteiger partial charge in [-0.1, -0.05) is 6.92 Å². The van der Waals surface area contributed by atoms with Gasteiger partial charge in [0.15, 0.2) is 0 Å². The third-order valence-electron chi connectivity index (χ3n) is 2.10. The Bertz CT molecular complexity index is 125. The molecular weight excluding hydrogens is 184 g/mol. The number of nitrogens with one attached hydrogen (secondary N) is 1. The quantitative estimate of drug-likeness (QED) is 0.369. The second kappa shape index (κ2) is 6.50. The van der Waals surface area contributed by atoms with E-state index in [2.05, 4.69) is 12.3 Å². The van der Waals surface area contributed by atoms with Gasteiger partial charge in [-0.25, -0.2) is 0 Å². The summed E-state index contributed by atoms with van der Waals surface area (Å²) in [6.45, 7) is 9.45. The third-order valence-corrected chi connectivity index (χ3v) is 5.67. The SMILES string of the molecule is CCO[Si](C)(OCC)C(CC)NN. The van der Waals surface area contributed by atoms with E-state index in [1.54, 1.807) is 0 Å². The molecule has 0 aliphatic rings. The van der Waals surface area contributed by atoms with Crippen LogP contribution in [0.3, 0.4) is 0 Å². The Kier molecular flexibility index (Phi) is 6.53. The van der Waals surface area contributed by atoms with Crippen molar-refractivity contribution in [3.63, 3.8) is 0 Å². The van der Waals surface area contributed by atoms with Gasteiger partial charge in [-0.2, -0.15) is 0 Å². The molecule has 1 unspecified atom stereocenters. The molecule has 80 valence electrons. The van der Waals surface area contributed by atoms with Gasteiger partial charge in [-0.15, -0.1) is 0 Å². The Morgan fingerprint density at radius 3 is 1.92 bits per heavy atom. The van der Waals surface area contributed by atoms with Crippen molar-refractivity contribution in [1.29, 1.82) is 0 Å².